The fourth-order valence-corrected chi connectivity index (χ4v) is 4.10. The van der Waals surface area contributed by atoms with Crippen LogP contribution in [0, 0.1) is 0 Å². The third-order valence-electron chi connectivity index (χ3n) is 3.02. The minimum absolute atomic E-state index is 0.438. The van der Waals surface area contributed by atoms with Crippen LogP contribution in [0.25, 0.3) is 10.4 Å². The van der Waals surface area contributed by atoms with Gasteiger partial charge in [0.1, 0.15) is 0 Å². The maximum Gasteiger partial charge on any atom is 0.237 e. The summed E-state index contributed by atoms with van der Waals surface area (Å²) in [7, 11) is -3.41. The average Bonchev–Trinajstić information content (AvgIpc) is 2.93. The Morgan fingerprint density at radius 3 is 2.14 bits per heavy atom. The number of benzene rings is 2. The highest BCUT2D eigenvalue weighted by Gasteiger charge is 2.12. The van der Waals surface area contributed by atoms with E-state index < -0.39 is 10.0 Å². The Morgan fingerprint density at radius 1 is 0.955 bits per heavy atom. The van der Waals surface area contributed by atoms with Gasteiger partial charge in [0, 0.05) is 6.20 Å². The maximum atomic E-state index is 12.0. The molecule has 1 heterocycles. The second kappa shape index (κ2) is 5.90. The van der Waals surface area contributed by atoms with E-state index in [1.54, 1.807) is 6.20 Å². The summed E-state index contributed by atoms with van der Waals surface area (Å²) in [5.74, 6) is 0. The van der Waals surface area contributed by atoms with Crippen molar-refractivity contribution in [3.05, 3.63) is 71.7 Å². The molecular formula is C16H14N2O2S2. The smallest absolute Gasteiger partial charge is 0.220 e. The molecule has 0 spiro atoms. The molecule has 112 valence electrons. The lowest BCUT2D eigenvalue weighted by Gasteiger charge is -1.98. The van der Waals surface area contributed by atoms with E-state index in [0.29, 0.717) is 4.80 Å². The number of aromatic nitrogens is 1. The summed E-state index contributed by atoms with van der Waals surface area (Å²) >= 11 is 1.35. The van der Waals surface area contributed by atoms with Crippen molar-refractivity contribution < 1.29 is 8.42 Å². The van der Waals surface area contributed by atoms with Crippen LogP contribution in [0.15, 0.2) is 71.9 Å². The van der Waals surface area contributed by atoms with Crippen molar-refractivity contribution in [2.24, 2.45) is 4.99 Å². The topological polar surface area (TPSA) is 51.4 Å². The van der Waals surface area contributed by atoms with E-state index in [1.165, 1.54) is 21.6 Å². The molecule has 0 amide bonds. The number of thiazole rings is 1. The van der Waals surface area contributed by atoms with Gasteiger partial charge in [-0.15, -0.1) is 0 Å². The molecule has 3 aromatic rings. The van der Waals surface area contributed by atoms with Crippen molar-refractivity contribution >= 4 is 27.0 Å². The third kappa shape index (κ3) is 3.18. The monoisotopic (exact) mass is 330 g/mol. The van der Waals surface area contributed by atoms with Crippen LogP contribution < -0.4 is 4.80 Å². The van der Waals surface area contributed by atoms with E-state index in [2.05, 4.69) is 4.99 Å². The Bertz CT molecular complexity index is 941. The zero-order valence-corrected chi connectivity index (χ0v) is 13.5. The average molecular weight is 330 g/mol. The van der Waals surface area contributed by atoms with Crippen LogP contribution in [0.2, 0.25) is 0 Å². The lowest BCUT2D eigenvalue weighted by molar-refractivity contribution is 0.592. The lowest BCUT2D eigenvalue weighted by Crippen LogP contribution is -2.21. The van der Waals surface area contributed by atoms with Crippen LogP contribution in [-0.4, -0.2) is 18.6 Å². The first kappa shape index (κ1) is 14.7. The molecule has 0 bridgehead atoms. The summed E-state index contributed by atoms with van der Waals surface area (Å²) in [6.07, 6.45) is 2.80. The molecule has 0 fully saturated rings. The van der Waals surface area contributed by atoms with E-state index in [0.717, 1.165) is 16.1 Å². The Balaban J connectivity index is 2.21. The van der Waals surface area contributed by atoms with E-state index >= 15 is 0 Å². The van der Waals surface area contributed by atoms with Crippen LogP contribution in [0.1, 0.15) is 0 Å². The lowest BCUT2D eigenvalue weighted by atomic mass is 10.2. The maximum absolute atomic E-state index is 12.0. The highest BCUT2D eigenvalue weighted by Crippen LogP contribution is 2.22. The fourth-order valence-electron chi connectivity index (χ4n) is 1.99. The molecule has 0 saturated heterocycles. The van der Waals surface area contributed by atoms with Gasteiger partial charge in [-0.3, -0.25) is 0 Å². The van der Waals surface area contributed by atoms with Gasteiger partial charge in [-0.25, -0.2) is 17.4 Å². The van der Waals surface area contributed by atoms with Crippen molar-refractivity contribution in [3.8, 4) is 10.4 Å². The molecule has 0 aliphatic heterocycles. The standard InChI is InChI=1S/C16H14N2O2S2/c1-22(19,20)18-12-15(13-8-4-2-5-9-13)21-16(18)17-14-10-6-3-7-11-14/h2-12H,1H3. The highest BCUT2D eigenvalue weighted by molar-refractivity contribution is 7.89. The van der Waals surface area contributed by atoms with Crippen molar-refractivity contribution in [2.75, 3.05) is 6.26 Å². The highest BCUT2D eigenvalue weighted by atomic mass is 32.2. The van der Waals surface area contributed by atoms with Gasteiger partial charge in [0.25, 0.3) is 0 Å². The molecule has 0 atom stereocenters. The minimum Gasteiger partial charge on any atom is -0.220 e. The van der Waals surface area contributed by atoms with Crippen LogP contribution in [0.5, 0.6) is 0 Å². The van der Waals surface area contributed by atoms with Crippen molar-refractivity contribution in [3.63, 3.8) is 0 Å². The van der Waals surface area contributed by atoms with Crippen molar-refractivity contribution in [1.29, 1.82) is 0 Å². The van der Waals surface area contributed by atoms with E-state index in [9.17, 15) is 8.42 Å². The number of rotatable bonds is 3. The quantitative estimate of drug-likeness (QED) is 0.740. The SMILES string of the molecule is CS(=O)(=O)n1cc(-c2ccccc2)sc1=Nc1ccccc1. The molecular weight excluding hydrogens is 316 g/mol. The van der Waals surface area contributed by atoms with Gasteiger partial charge in [0.2, 0.25) is 14.8 Å². The normalized spacial score (nSPS) is 12.5. The number of hydrogen-bond donors (Lipinski definition) is 0. The largest absolute Gasteiger partial charge is 0.237 e. The number of para-hydroxylation sites is 1. The fraction of sp³-hybridized carbons (Fsp3) is 0.0625. The molecule has 0 aliphatic carbocycles. The van der Waals surface area contributed by atoms with Crippen LogP contribution in [0.3, 0.4) is 0 Å². The molecule has 0 saturated carbocycles. The first-order valence-electron chi connectivity index (χ1n) is 6.62. The number of hydrogen-bond acceptors (Lipinski definition) is 4. The van der Waals surface area contributed by atoms with Gasteiger partial charge in [-0.05, 0) is 17.7 Å². The Hall–Kier alpha value is -2.18. The van der Waals surface area contributed by atoms with Gasteiger partial charge in [-0.1, -0.05) is 59.9 Å². The summed E-state index contributed by atoms with van der Waals surface area (Å²) in [6, 6.07) is 19.0. The molecule has 2 aromatic carbocycles. The summed E-state index contributed by atoms with van der Waals surface area (Å²) in [6.45, 7) is 0. The summed E-state index contributed by atoms with van der Waals surface area (Å²) in [5, 5.41) is 0. The second-order valence-corrected chi connectivity index (χ2v) is 7.62. The predicted molar refractivity (Wildman–Crippen MR) is 89.7 cm³/mol. The van der Waals surface area contributed by atoms with E-state index in [-0.39, 0.29) is 0 Å². The first-order chi connectivity index (χ1) is 10.5. The Labute approximate surface area is 133 Å². The zero-order chi connectivity index (χ0) is 15.6. The minimum atomic E-state index is -3.41. The third-order valence-corrected chi connectivity index (χ3v) is 5.16. The number of nitrogens with zero attached hydrogens (tertiary/aromatic N) is 2. The Morgan fingerprint density at radius 2 is 1.55 bits per heavy atom. The molecule has 4 nitrogen and oxygen atoms in total. The molecule has 0 N–H and O–H groups in total. The van der Waals surface area contributed by atoms with Gasteiger partial charge >= 0.3 is 0 Å². The summed E-state index contributed by atoms with van der Waals surface area (Å²) in [5.41, 5.74) is 1.70. The van der Waals surface area contributed by atoms with Gasteiger partial charge < -0.3 is 0 Å². The van der Waals surface area contributed by atoms with Crippen LogP contribution in [-0.2, 0) is 10.0 Å². The van der Waals surface area contributed by atoms with Crippen molar-refractivity contribution in [1.82, 2.24) is 3.97 Å². The van der Waals surface area contributed by atoms with Crippen molar-refractivity contribution in [2.45, 2.75) is 0 Å². The molecule has 0 aliphatic rings. The Kier molecular flexibility index (Phi) is 3.96. The van der Waals surface area contributed by atoms with E-state index in [1.807, 2.05) is 60.7 Å². The van der Waals surface area contributed by atoms with Gasteiger partial charge in [0.15, 0.2) is 0 Å². The predicted octanol–water partition coefficient (Wildman–Crippen LogP) is 3.26. The molecule has 22 heavy (non-hydrogen) atoms. The van der Waals surface area contributed by atoms with Crippen LogP contribution >= 0.6 is 11.3 Å². The zero-order valence-electron chi connectivity index (χ0n) is 11.9. The molecule has 0 unspecified atom stereocenters. The second-order valence-electron chi connectivity index (χ2n) is 4.75. The van der Waals surface area contributed by atoms with E-state index in [4.69, 9.17) is 0 Å². The molecule has 6 heteroatoms. The molecule has 1 aromatic heterocycles. The molecule has 3 rings (SSSR count). The summed E-state index contributed by atoms with van der Waals surface area (Å²) in [4.78, 5) is 5.76. The van der Waals surface area contributed by atoms with Gasteiger partial charge in [-0.2, -0.15) is 0 Å². The summed E-state index contributed by atoms with van der Waals surface area (Å²) < 4.78 is 25.2. The van der Waals surface area contributed by atoms with Gasteiger partial charge in [0.05, 0.1) is 16.8 Å². The van der Waals surface area contributed by atoms with Crippen LogP contribution in [0.4, 0.5) is 5.69 Å². The first-order valence-corrected chi connectivity index (χ1v) is 9.29. The molecule has 0 radical (unpaired) electrons.